The van der Waals surface area contributed by atoms with E-state index in [9.17, 15) is 18.0 Å². The van der Waals surface area contributed by atoms with Crippen molar-refractivity contribution in [3.05, 3.63) is 5.82 Å². The molecule has 0 saturated heterocycles. The maximum atomic E-state index is 12.3. The van der Waals surface area contributed by atoms with Crippen LogP contribution in [0.4, 0.5) is 18.3 Å². The van der Waals surface area contributed by atoms with Crippen LogP contribution >= 0.6 is 11.5 Å². The van der Waals surface area contributed by atoms with Crippen LogP contribution in [0.5, 0.6) is 0 Å². The van der Waals surface area contributed by atoms with E-state index < -0.39 is 23.9 Å². The highest BCUT2D eigenvalue weighted by Crippen LogP contribution is 2.32. The van der Waals surface area contributed by atoms with E-state index in [0.717, 1.165) is 19.3 Å². The summed E-state index contributed by atoms with van der Waals surface area (Å²) in [5, 5.41) is 12.0. The molecule has 2 unspecified atom stereocenters. The molecule has 0 bridgehead atoms. The molecule has 2 atom stereocenters. The lowest BCUT2D eigenvalue weighted by Crippen LogP contribution is -2.31. The number of carboxylic acids is 1. The summed E-state index contributed by atoms with van der Waals surface area (Å²) in [6.07, 6.45) is -1.35. The molecule has 0 radical (unpaired) electrons. The zero-order chi connectivity index (χ0) is 14.8. The minimum Gasteiger partial charge on any atom is -0.481 e. The van der Waals surface area contributed by atoms with Crippen LogP contribution in [-0.2, 0) is 11.0 Å². The molecule has 0 aliphatic heterocycles. The van der Waals surface area contributed by atoms with Crippen LogP contribution in [0.15, 0.2) is 0 Å². The van der Waals surface area contributed by atoms with Crippen molar-refractivity contribution >= 4 is 22.6 Å². The average molecular weight is 309 g/mol. The van der Waals surface area contributed by atoms with Crippen LogP contribution in [0.3, 0.4) is 0 Å². The van der Waals surface area contributed by atoms with Crippen LogP contribution in [0.1, 0.15) is 31.5 Å². The zero-order valence-corrected chi connectivity index (χ0v) is 11.3. The van der Waals surface area contributed by atoms with Gasteiger partial charge in [0.15, 0.2) is 0 Å². The predicted molar refractivity (Wildman–Crippen MR) is 66.5 cm³/mol. The summed E-state index contributed by atoms with van der Waals surface area (Å²) in [7, 11) is 0. The molecule has 1 aliphatic carbocycles. The first-order chi connectivity index (χ1) is 9.38. The Balaban J connectivity index is 1.94. The maximum Gasteiger partial charge on any atom is 0.452 e. The number of hydrogen-bond donors (Lipinski definition) is 2. The van der Waals surface area contributed by atoms with Gasteiger partial charge in [-0.2, -0.15) is 22.5 Å². The molecular formula is C11H14F3N3O2S. The Morgan fingerprint density at radius 3 is 2.70 bits per heavy atom. The number of hydrogen-bond acceptors (Lipinski definition) is 5. The summed E-state index contributed by atoms with van der Waals surface area (Å²) in [6.45, 7) is 0.309. The van der Waals surface area contributed by atoms with Crippen LogP contribution < -0.4 is 5.32 Å². The molecule has 1 aromatic heterocycles. The molecule has 112 valence electrons. The Hall–Kier alpha value is -1.38. The fourth-order valence-electron chi connectivity index (χ4n) is 2.41. The molecule has 2 N–H and O–H groups in total. The molecule has 0 spiro atoms. The summed E-state index contributed by atoms with van der Waals surface area (Å²) in [4.78, 5) is 14.5. The van der Waals surface area contributed by atoms with Gasteiger partial charge in [-0.25, -0.2) is 0 Å². The Morgan fingerprint density at radius 2 is 2.10 bits per heavy atom. The van der Waals surface area contributed by atoms with Crippen LogP contribution in [0.2, 0.25) is 0 Å². The van der Waals surface area contributed by atoms with Gasteiger partial charge in [-0.15, -0.1) is 0 Å². The van der Waals surface area contributed by atoms with Crippen molar-refractivity contribution in [2.24, 2.45) is 11.8 Å². The summed E-state index contributed by atoms with van der Waals surface area (Å²) >= 11 is 0.635. The maximum absolute atomic E-state index is 12.3. The number of carboxylic acid groups (broad SMARTS) is 1. The van der Waals surface area contributed by atoms with Crippen molar-refractivity contribution in [3.63, 3.8) is 0 Å². The summed E-state index contributed by atoms with van der Waals surface area (Å²) < 4.78 is 40.3. The fraction of sp³-hybridized carbons (Fsp3) is 0.727. The van der Waals surface area contributed by atoms with Gasteiger partial charge in [-0.3, -0.25) is 4.79 Å². The van der Waals surface area contributed by atoms with E-state index in [4.69, 9.17) is 5.11 Å². The molecule has 1 aromatic rings. The highest BCUT2D eigenvalue weighted by Gasteiger charge is 2.36. The van der Waals surface area contributed by atoms with E-state index in [1.807, 2.05) is 0 Å². The zero-order valence-electron chi connectivity index (χ0n) is 10.5. The molecule has 1 saturated carbocycles. The quantitative estimate of drug-likeness (QED) is 0.894. The number of halogens is 3. The molecular weight excluding hydrogens is 295 g/mol. The lowest BCUT2D eigenvalue weighted by molar-refractivity contribution is -0.145. The first-order valence-electron chi connectivity index (χ1n) is 6.25. The van der Waals surface area contributed by atoms with E-state index in [1.54, 1.807) is 0 Å². The molecule has 0 aromatic carbocycles. The average Bonchev–Trinajstić information content (AvgIpc) is 2.85. The van der Waals surface area contributed by atoms with E-state index in [-0.39, 0.29) is 11.0 Å². The molecule has 1 aliphatic rings. The van der Waals surface area contributed by atoms with E-state index in [2.05, 4.69) is 14.7 Å². The smallest absolute Gasteiger partial charge is 0.452 e. The van der Waals surface area contributed by atoms with Crippen molar-refractivity contribution in [1.29, 1.82) is 0 Å². The Labute approximate surface area is 117 Å². The highest BCUT2D eigenvalue weighted by atomic mass is 32.1. The molecule has 2 rings (SSSR count). The predicted octanol–water partition coefficient (Wildman–Crippen LogP) is 2.86. The summed E-state index contributed by atoms with van der Waals surface area (Å²) in [5.74, 6) is -2.53. The molecule has 20 heavy (non-hydrogen) atoms. The summed E-state index contributed by atoms with van der Waals surface area (Å²) in [5.41, 5.74) is 0. The minimum atomic E-state index is -4.55. The number of nitrogens with zero attached hydrogens (tertiary/aromatic N) is 2. The Morgan fingerprint density at radius 1 is 1.40 bits per heavy atom. The number of aromatic nitrogens is 2. The van der Waals surface area contributed by atoms with Crippen molar-refractivity contribution < 1.29 is 23.1 Å². The van der Waals surface area contributed by atoms with Gasteiger partial charge in [0.2, 0.25) is 11.0 Å². The van der Waals surface area contributed by atoms with Gasteiger partial charge < -0.3 is 10.4 Å². The third-order valence-electron chi connectivity index (χ3n) is 3.42. The molecule has 1 heterocycles. The first kappa shape index (κ1) is 15.0. The third kappa shape index (κ3) is 3.59. The number of aliphatic carboxylic acids is 1. The minimum absolute atomic E-state index is 0.0760. The van der Waals surface area contributed by atoms with Crippen molar-refractivity contribution in [1.82, 2.24) is 9.36 Å². The van der Waals surface area contributed by atoms with Crippen molar-refractivity contribution in [3.8, 4) is 0 Å². The molecule has 5 nitrogen and oxygen atoms in total. The molecule has 9 heteroatoms. The van der Waals surface area contributed by atoms with Gasteiger partial charge in [0.1, 0.15) is 0 Å². The number of carbonyl (C=O) groups is 1. The van der Waals surface area contributed by atoms with E-state index >= 15 is 0 Å². The number of rotatable bonds is 4. The first-order valence-corrected chi connectivity index (χ1v) is 7.03. The number of nitrogens with one attached hydrogen (secondary N) is 1. The molecule has 0 amide bonds. The second kappa shape index (κ2) is 5.94. The number of alkyl halides is 3. The topological polar surface area (TPSA) is 75.1 Å². The fourth-order valence-corrected chi connectivity index (χ4v) is 3.00. The highest BCUT2D eigenvalue weighted by molar-refractivity contribution is 7.09. The van der Waals surface area contributed by atoms with E-state index in [1.165, 1.54) is 0 Å². The van der Waals surface area contributed by atoms with Gasteiger partial charge in [-0.1, -0.05) is 12.8 Å². The van der Waals surface area contributed by atoms with Gasteiger partial charge in [0, 0.05) is 18.1 Å². The van der Waals surface area contributed by atoms with Gasteiger partial charge in [0.25, 0.3) is 0 Å². The van der Waals surface area contributed by atoms with Crippen LogP contribution in [0.25, 0.3) is 0 Å². The van der Waals surface area contributed by atoms with Gasteiger partial charge in [0.05, 0.1) is 5.92 Å². The lowest BCUT2D eigenvalue weighted by Gasteiger charge is -2.28. The Kier molecular flexibility index (Phi) is 4.46. The van der Waals surface area contributed by atoms with Crippen molar-refractivity contribution in [2.75, 3.05) is 11.9 Å². The monoisotopic (exact) mass is 309 g/mol. The Bertz CT molecular complexity index is 478. The standard InChI is InChI=1S/C11H14F3N3O2S/c12-11(13,14)9-16-10(20-17-9)15-5-6-3-1-2-4-7(6)8(18)19/h6-7H,1-5H2,(H,18,19)(H,15,16,17). The second-order valence-corrected chi connectivity index (χ2v) is 5.54. The second-order valence-electron chi connectivity index (χ2n) is 4.79. The molecule has 1 fully saturated rings. The van der Waals surface area contributed by atoms with Crippen LogP contribution in [-0.4, -0.2) is 27.0 Å². The third-order valence-corrected chi connectivity index (χ3v) is 4.09. The van der Waals surface area contributed by atoms with E-state index in [0.29, 0.717) is 24.5 Å². The van der Waals surface area contributed by atoms with Gasteiger partial charge >= 0.3 is 12.1 Å². The van der Waals surface area contributed by atoms with Crippen molar-refractivity contribution in [2.45, 2.75) is 31.9 Å². The van der Waals surface area contributed by atoms with Gasteiger partial charge in [-0.05, 0) is 18.8 Å². The lowest BCUT2D eigenvalue weighted by atomic mass is 9.79. The SMILES string of the molecule is O=C(O)C1CCCCC1CNc1nc(C(F)(F)F)ns1. The number of anilines is 1. The summed E-state index contributed by atoms with van der Waals surface area (Å²) in [6, 6.07) is 0. The normalized spacial score (nSPS) is 23.6. The van der Waals surface area contributed by atoms with Crippen LogP contribution in [0, 0.1) is 11.8 Å². The largest absolute Gasteiger partial charge is 0.481 e.